The minimum absolute atomic E-state index is 0.785. The minimum atomic E-state index is 0.785. The Morgan fingerprint density at radius 3 is 2.50 bits per heavy atom. The van der Waals surface area contributed by atoms with Crippen molar-refractivity contribution in [2.45, 2.75) is 20.3 Å². The number of rotatable bonds is 6. The third-order valence-corrected chi connectivity index (χ3v) is 2.52. The molecule has 0 aliphatic carbocycles. The topological polar surface area (TPSA) is 0 Å². The standard InChI is InChI=1S/C11H18S/c1-5-7-11(6-2)12-9-8-10(3)4/h5-7,10H,1-2,8-9H2,3-4H3/b11-7+. The molecule has 0 saturated heterocycles. The van der Waals surface area contributed by atoms with Crippen LogP contribution in [0.25, 0.3) is 0 Å². The van der Waals surface area contributed by atoms with Gasteiger partial charge in [-0.05, 0) is 24.2 Å². The van der Waals surface area contributed by atoms with Crippen molar-refractivity contribution in [1.82, 2.24) is 0 Å². The highest BCUT2D eigenvalue weighted by Gasteiger charge is 1.95. The predicted molar refractivity (Wildman–Crippen MR) is 60.4 cm³/mol. The number of allylic oxidation sites excluding steroid dienone is 3. The second-order valence-corrected chi connectivity index (χ2v) is 4.21. The van der Waals surface area contributed by atoms with Crippen LogP contribution < -0.4 is 0 Å². The molecule has 0 N–H and O–H groups in total. The van der Waals surface area contributed by atoms with Crippen molar-refractivity contribution >= 4 is 11.8 Å². The van der Waals surface area contributed by atoms with Gasteiger partial charge in [-0.1, -0.05) is 39.2 Å². The van der Waals surface area contributed by atoms with Gasteiger partial charge in [0.2, 0.25) is 0 Å². The molecule has 0 heterocycles. The molecule has 0 aliphatic heterocycles. The van der Waals surface area contributed by atoms with Crippen LogP contribution in [0.5, 0.6) is 0 Å². The van der Waals surface area contributed by atoms with E-state index in [4.69, 9.17) is 0 Å². The Labute approximate surface area is 80.4 Å². The van der Waals surface area contributed by atoms with E-state index in [9.17, 15) is 0 Å². The first-order valence-corrected chi connectivity index (χ1v) is 5.27. The van der Waals surface area contributed by atoms with E-state index in [0.717, 1.165) is 5.92 Å². The van der Waals surface area contributed by atoms with E-state index in [2.05, 4.69) is 27.0 Å². The smallest absolute Gasteiger partial charge is 0.00658 e. The minimum Gasteiger partial charge on any atom is -0.126 e. The first-order valence-electron chi connectivity index (χ1n) is 4.28. The molecule has 0 rings (SSSR count). The van der Waals surface area contributed by atoms with Crippen LogP contribution in [-0.4, -0.2) is 5.75 Å². The molecule has 68 valence electrons. The molecule has 0 radical (unpaired) electrons. The quantitative estimate of drug-likeness (QED) is 0.559. The van der Waals surface area contributed by atoms with Crippen LogP contribution in [0.1, 0.15) is 20.3 Å². The van der Waals surface area contributed by atoms with Crippen molar-refractivity contribution in [3.8, 4) is 0 Å². The summed E-state index contributed by atoms with van der Waals surface area (Å²) in [6.07, 6.45) is 6.94. The maximum Gasteiger partial charge on any atom is 0.00658 e. The fourth-order valence-electron chi connectivity index (χ4n) is 0.704. The lowest BCUT2D eigenvalue weighted by molar-refractivity contribution is 0.632. The van der Waals surface area contributed by atoms with Crippen LogP contribution in [0.2, 0.25) is 0 Å². The average Bonchev–Trinajstić information content (AvgIpc) is 2.02. The lowest BCUT2D eigenvalue weighted by Gasteiger charge is -2.03. The highest BCUT2D eigenvalue weighted by atomic mass is 32.2. The van der Waals surface area contributed by atoms with E-state index in [1.54, 1.807) is 6.08 Å². The molecule has 12 heavy (non-hydrogen) atoms. The zero-order chi connectivity index (χ0) is 9.40. The van der Waals surface area contributed by atoms with Gasteiger partial charge in [0.05, 0.1) is 0 Å². The van der Waals surface area contributed by atoms with Gasteiger partial charge in [0, 0.05) is 4.91 Å². The number of hydrogen-bond acceptors (Lipinski definition) is 1. The molecule has 1 heteroatoms. The molecule has 0 atom stereocenters. The monoisotopic (exact) mass is 182 g/mol. The van der Waals surface area contributed by atoms with Crippen LogP contribution in [0.3, 0.4) is 0 Å². The summed E-state index contributed by atoms with van der Waals surface area (Å²) in [5, 5.41) is 0. The van der Waals surface area contributed by atoms with Crippen LogP contribution in [-0.2, 0) is 0 Å². The SMILES string of the molecule is C=C/C=C(\C=C)SCCC(C)C. The van der Waals surface area contributed by atoms with E-state index in [1.165, 1.54) is 17.1 Å². The molecular formula is C11H18S. The van der Waals surface area contributed by atoms with Gasteiger partial charge in [0.1, 0.15) is 0 Å². The predicted octanol–water partition coefficient (Wildman–Crippen LogP) is 4.02. The lowest BCUT2D eigenvalue weighted by Crippen LogP contribution is -1.89. The maximum atomic E-state index is 3.74. The highest BCUT2D eigenvalue weighted by Crippen LogP contribution is 2.19. The van der Waals surface area contributed by atoms with Gasteiger partial charge in [-0.2, -0.15) is 0 Å². The van der Waals surface area contributed by atoms with Crippen molar-refractivity contribution < 1.29 is 0 Å². The highest BCUT2D eigenvalue weighted by molar-refractivity contribution is 8.03. The number of hydrogen-bond donors (Lipinski definition) is 0. The van der Waals surface area contributed by atoms with Gasteiger partial charge in [0.25, 0.3) is 0 Å². The Kier molecular flexibility index (Phi) is 6.97. The summed E-state index contributed by atoms with van der Waals surface area (Å²) in [6.45, 7) is 11.9. The molecule has 0 nitrogen and oxygen atoms in total. The van der Waals surface area contributed by atoms with Gasteiger partial charge < -0.3 is 0 Å². The third-order valence-electron chi connectivity index (χ3n) is 1.45. The van der Waals surface area contributed by atoms with Gasteiger partial charge in [-0.25, -0.2) is 0 Å². The molecular weight excluding hydrogens is 164 g/mol. The Balaban J connectivity index is 3.66. The average molecular weight is 182 g/mol. The number of thioether (sulfide) groups is 1. The fraction of sp³-hybridized carbons (Fsp3) is 0.455. The lowest BCUT2D eigenvalue weighted by atomic mass is 10.2. The summed E-state index contributed by atoms with van der Waals surface area (Å²) in [5.74, 6) is 1.95. The summed E-state index contributed by atoms with van der Waals surface area (Å²) < 4.78 is 0. The Morgan fingerprint density at radius 1 is 1.42 bits per heavy atom. The normalized spacial score (nSPS) is 11.8. The summed E-state index contributed by atoms with van der Waals surface area (Å²) in [7, 11) is 0. The van der Waals surface area contributed by atoms with Gasteiger partial charge in [-0.15, -0.1) is 11.8 Å². The summed E-state index contributed by atoms with van der Waals surface area (Å²) in [4.78, 5) is 1.21. The summed E-state index contributed by atoms with van der Waals surface area (Å²) >= 11 is 1.85. The van der Waals surface area contributed by atoms with Crippen molar-refractivity contribution in [2.75, 3.05) is 5.75 Å². The van der Waals surface area contributed by atoms with Crippen LogP contribution in [0, 0.1) is 5.92 Å². The Morgan fingerprint density at radius 2 is 2.08 bits per heavy atom. The maximum absolute atomic E-state index is 3.74. The second-order valence-electron chi connectivity index (χ2n) is 3.04. The molecule has 0 saturated carbocycles. The van der Waals surface area contributed by atoms with Crippen LogP contribution >= 0.6 is 11.8 Å². The first kappa shape index (κ1) is 11.6. The van der Waals surface area contributed by atoms with E-state index >= 15 is 0 Å². The van der Waals surface area contributed by atoms with Crippen molar-refractivity contribution in [3.05, 3.63) is 36.3 Å². The Bertz CT molecular complexity index is 166. The fourth-order valence-corrected chi connectivity index (χ4v) is 1.84. The molecule has 0 aromatic heterocycles. The van der Waals surface area contributed by atoms with E-state index in [1.807, 2.05) is 23.9 Å². The molecule has 0 unspecified atom stereocenters. The van der Waals surface area contributed by atoms with Gasteiger partial charge in [-0.3, -0.25) is 0 Å². The molecule has 0 amide bonds. The Hall–Kier alpha value is -0.430. The van der Waals surface area contributed by atoms with E-state index in [0.29, 0.717) is 0 Å². The van der Waals surface area contributed by atoms with Crippen LogP contribution in [0.4, 0.5) is 0 Å². The summed E-state index contributed by atoms with van der Waals surface area (Å²) in [6, 6.07) is 0. The summed E-state index contributed by atoms with van der Waals surface area (Å²) in [5.41, 5.74) is 0. The molecule has 0 aromatic carbocycles. The molecule has 0 fully saturated rings. The van der Waals surface area contributed by atoms with Crippen molar-refractivity contribution in [1.29, 1.82) is 0 Å². The van der Waals surface area contributed by atoms with E-state index in [-0.39, 0.29) is 0 Å². The first-order chi connectivity index (χ1) is 5.70. The third kappa shape index (κ3) is 6.29. The van der Waals surface area contributed by atoms with Crippen molar-refractivity contribution in [2.24, 2.45) is 5.92 Å². The zero-order valence-electron chi connectivity index (χ0n) is 8.05. The van der Waals surface area contributed by atoms with E-state index < -0.39 is 0 Å². The van der Waals surface area contributed by atoms with Gasteiger partial charge >= 0.3 is 0 Å². The zero-order valence-corrected chi connectivity index (χ0v) is 8.86. The molecule has 0 aromatic rings. The molecule has 0 spiro atoms. The largest absolute Gasteiger partial charge is 0.126 e. The molecule has 0 aliphatic rings. The molecule has 0 bridgehead atoms. The second kappa shape index (κ2) is 7.23. The van der Waals surface area contributed by atoms with Crippen LogP contribution in [0.15, 0.2) is 36.3 Å². The van der Waals surface area contributed by atoms with Gasteiger partial charge in [0.15, 0.2) is 0 Å². The van der Waals surface area contributed by atoms with Crippen molar-refractivity contribution in [3.63, 3.8) is 0 Å².